The summed E-state index contributed by atoms with van der Waals surface area (Å²) in [4.78, 5) is 4.42. The molecule has 8 heteroatoms. The van der Waals surface area contributed by atoms with Crippen molar-refractivity contribution in [2.24, 2.45) is 0 Å². The van der Waals surface area contributed by atoms with E-state index in [9.17, 15) is 8.42 Å². The molecule has 2 aromatic heterocycles. The van der Waals surface area contributed by atoms with Crippen molar-refractivity contribution in [2.45, 2.75) is 25.3 Å². The molecule has 0 spiro atoms. The number of nitrogens with zero attached hydrogens (tertiary/aromatic N) is 3. The summed E-state index contributed by atoms with van der Waals surface area (Å²) in [5.41, 5.74) is 0.520. The fraction of sp³-hybridized carbons (Fsp3) is 0.250. The van der Waals surface area contributed by atoms with Crippen LogP contribution in [0, 0.1) is 0 Å². The summed E-state index contributed by atoms with van der Waals surface area (Å²) in [6.45, 7) is 4.80. The molecule has 126 valence electrons. The fourth-order valence-electron chi connectivity index (χ4n) is 2.49. The van der Waals surface area contributed by atoms with Crippen molar-refractivity contribution >= 4 is 26.7 Å². The Morgan fingerprint density at radius 3 is 2.75 bits per heavy atom. The minimum absolute atomic E-state index is 0.151. The van der Waals surface area contributed by atoms with Gasteiger partial charge in [-0.1, -0.05) is 0 Å². The van der Waals surface area contributed by atoms with Crippen molar-refractivity contribution in [1.82, 2.24) is 14.8 Å². The van der Waals surface area contributed by atoms with Gasteiger partial charge in [0.1, 0.15) is 17.1 Å². The average Bonchev–Trinajstić information content (AvgIpc) is 3.01. The van der Waals surface area contributed by atoms with Gasteiger partial charge in [-0.2, -0.15) is 5.10 Å². The van der Waals surface area contributed by atoms with Crippen LogP contribution in [-0.2, 0) is 16.6 Å². The van der Waals surface area contributed by atoms with Crippen LogP contribution in [0.15, 0.2) is 47.6 Å². The van der Waals surface area contributed by atoms with Crippen molar-refractivity contribution < 1.29 is 13.2 Å². The first-order valence-electron chi connectivity index (χ1n) is 7.62. The first-order valence-corrected chi connectivity index (χ1v) is 9.10. The number of sulfonamides is 1. The lowest BCUT2D eigenvalue weighted by atomic mass is 10.2. The minimum Gasteiger partial charge on any atom is -0.492 e. The van der Waals surface area contributed by atoms with E-state index in [0.29, 0.717) is 35.6 Å². The quantitative estimate of drug-likeness (QED) is 0.741. The van der Waals surface area contributed by atoms with Gasteiger partial charge in [0.15, 0.2) is 0 Å². The Kier molecular flexibility index (Phi) is 4.39. The molecule has 0 radical (unpaired) electrons. The first-order chi connectivity index (χ1) is 11.6. The summed E-state index contributed by atoms with van der Waals surface area (Å²) >= 11 is 0. The van der Waals surface area contributed by atoms with Crippen LogP contribution < -0.4 is 9.46 Å². The molecule has 0 saturated carbocycles. The highest BCUT2D eigenvalue weighted by molar-refractivity contribution is 7.93. The summed E-state index contributed by atoms with van der Waals surface area (Å²) < 4.78 is 35.4. The predicted molar refractivity (Wildman–Crippen MR) is 91.6 cm³/mol. The van der Waals surface area contributed by atoms with Crippen molar-refractivity contribution in [3.8, 4) is 5.75 Å². The first kappa shape index (κ1) is 16.3. The molecule has 0 aliphatic heterocycles. The van der Waals surface area contributed by atoms with Gasteiger partial charge in [0.25, 0.3) is 10.0 Å². The number of hydrogen-bond acceptors (Lipinski definition) is 5. The number of pyridine rings is 1. The number of benzene rings is 1. The largest absolute Gasteiger partial charge is 0.492 e. The van der Waals surface area contributed by atoms with Crippen LogP contribution in [0.3, 0.4) is 0 Å². The highest BCUT2D eigenvalue weighted by atomic mass is 32.2. The number of ether oxygens (including phenoxy) is 1. The van der Waals surface area contributed by atoms with Gasteiger partial charge in [0, 0.05) is 24.2 Å². The van der Waals surface area contributed by atoms with E-state index in [2.05, 4.69) is 14.8 Å². The summed E-state index contributed by atoms with van der Waals surface area (Å²) in [5.74, 6) is 0.981. The number of hydrogen-bond donors (Lipinski definition) is 1. The number of anilines is 1. The second kappa shape index (κ2) is 6.48. The zero-order valence-corrected chi connectivity index (χ0v) is 14.2. The van der Waals surface area contributed by atoms with E-state index in [-0.39, 0.29) is 4.90 Å². The van der Waals surface area contributed by atoms with Gasteiger partial charge in [-0.3, -0.25) is 9.71 Å². The van der Waals surface area contributed by atoms with Crippen LogP contribution in [0.4, 0.5) is 5.82 Å². The maximum Gasteiger partial charge on any atom is 0.263 e. The Labute approximate surface area is 140 Å². The topological polar surface area (TPSA) is 86.1 Å². The van der Waals surface area contributed by atoms with Crippen molar-refractivity contribution in [1.29, 1.82) is 0 Å². The van der Waals surface area contributed by atoms with Crippen LogP contribution in [0.1, 0.15) is 13.8 Å². The molecular formula is C16H18N4O3S. The van der Waals surface area contributed by atoms with E-state index in [0.717, 1.165) is 0 Å². The Balaban J connectivity index is 2.10. The molecule has 0 aliphatic rings. The van der Waals surface area contributed by atoms with Gasteiger partial charge >= 0.3 is 0 Å². The highest BCUT2D eigenvalue weighted by Crippen LogP contribution is 2.30. The van der Waals surface area contributed by atoms with Crippen LogP contribution in [0.25, 0.3) is 10.9 Å². The van der Waals surface area contributed by atoms with Gasteiger partial charge in [0.05, 0.1) is 17.7 Å². The molecule has 3 aromatic rings. The zero-order chi connectivity index (χ0) is 17.2. The van der Waals surface area contributed by atoms with Gasteiger partial charge in [-0.25, -0.2) is 13.1 Å². The molecule has 0 atom stereocenters. The van der Waals surface area contributed by atoms with Crippen LogP contribution in [0.5, 0.6) is 5.75 Å². The number of aryl methyl sites for hydroxylation is 1. The standard InChI is InChI=1S/C16H18N4O3S/c1-3-20-15(9-11-18-20)19-24(21,22)14-8-7-13(23-4-2)16-12(14)6-5-10-17-16/h5-11,19H,3-4H2,1-2H3. The Bertz CT molecular complexity index is 966. The minimum atomic E-state index is -3.78. The van der Waals surface area contributed by atoms with Gasteiger partial charge in [0.2, 0.25) is 0 Å². The molecule has 0 saturated heterocycles. The van der Waals surface area contributed by atoms with E-state index in [4.69, 9.17) is 4.74 Å². The molecule has 3 rings (SSSR count). The lowest BCUT2D eigenvalue weighted by Crippen LogP contribution is -2.16. The summed E-state index contributed by atoms with van der Waals surface area (Å²) in [6, 6.07) is 8.20. The average molecular weight is 346 g/mol. The third-order valence-corrected chi connectivity index (χ3v) is 4.95. The molecule has 0 aliphatic carbocycles. The van der Waals surface area contributed by atoms with Gasteiger partial charge in [-0.15, -0.1) is 0 Å². The van der Waals surface area contributed by atoms with Crippen LogP contribution in [-0.4, -0.2) is 29.8 Å². The van der Waals surface area contributed by atoms with E-state index in [1.54, 1.807) is 41.3 Å². The van der Waals surface area contributed by atoms with E-state index in [1.165, 1.54) is 6.07 Å². The fourth-order valence-corrected chi connectivity index (χ4v) is 3.75. The lowest BCUT2D eigenvalue weighted by molar-refractivity contribution is 0.343. The normalized spacial score (nSPS) is 11.6. The second-order valence-electron chi connectivity index (χ2n) is 5.03. The summed E-state index contributed by atoms with van der Waals surface area (Å²) in [7, 11) is -3.78. The van der Waals surface area contributed by atoms with Crippen molar-refractivity contribution in [2.75, 3.05) is 11.3 Å². The van der Waals surface area contributed by atoms with Crippen LogP contribution >= 0.6 is 0 Å². The van der Waals surface area contributed by atoms with Crippen molar-refractivity contribution in [3.63, 3.8) is 0 Å². The van der Waals surface area contributed by atoms with Gasteiger partial charge < -0.3 is 4.74 Å². The lowest BCUT2D eigenvalue weighted by Gasteiger charge is -2.13. The summed E-state index contributed by atoms with van der Waals surface area (Å²) in [6.07, 6.45) is 3.17. The van der Waals surface area contributed by atoms with Crippen LogP contribution in [0.2, 0.25) is 0 Å². The highest BCUT2D eigenvalue weighted by Gasteiger charge is 2.21. The molecule has 0 unspecified atom stereocenters. The SMILES string of the molecule is CCOc1ccc(S(=O)(=O)Nc2ccnn2CC)c2cccnc12. The molecular weight excluding hydrogens is 328 g/mol. The van der Waals surface area contributed by atoms with E-state index < -0.39 is 10.0 Å². The third-order valence-electron chi connectivity index (χ3n) is 3.54. The third kappa shape index (κ3) is 2.92. The summed E-state index contributed by atoms with van der Waals surface area (Å²) in [5, 5.41) is 4.58. The Hall–Kier alpha value is -2.61. The molecule has 1 N–H and O–H groups in total. The Morgan fingerprint density at radius 2 is 2.00 bits per heavy atom. The maximum absolute atomic E-state index is 12.8. The Morgan fingerprint density at radius 1 is 1.17 bits per heavy atom. The predicted octanol–water partition coefficient (Wildman–Crippen LogP) is 2.65. The second-order valence-corrected chi connectivity index (χ2v) is 6.68. The molecule has 7 nitrogen and oxygen atoms in total. The smallest absolute Gasteiger partial charge is 0.263 e. The molecule has 0 bridgehead atoms. The maximum atomic E-state index is 12.8. The molecule has 0 fully saturated rings. The molecule has 1 aromatic carbocycles. The van der Waals surface area contributed by atoms with E-state index >= 15 is 0 Å². The number of fused-ring (bicyclic) bond motifs is 1. The van der Waals surface area contributed by atoms with E-state index in [1.807, 2.05) is 13.8 Å². The number of aromatic nitrogens is 3. The van der Waals surface area contributed by atoms with Crippen molar-refractivity contribution in [3.05, 3.63) is 42.7 Å². The monoisotopic (exact) mass is 346 g/mol. The zero-order valence-electron chi connectivity index (χ0n) is 13.4. The molecule has 2 heterocycles. The van der Waals surface area contributed by atoms with Gasteiger partial charge in [-0.05, 0) is 38.1 Å². The number of nitrogens with one attached hydrogen (secondary N) is 1. The molecule has 24 heavy (non-hydrogen) atoms. The number of rotatable bonds is 6. The molecule has 0 amide bonds.